The van der Waals surface area contributed by atoms with E-state index < -0.39 is 22.7 Å². The van der Waals surface area contributed by atoms with Gasteiger partial charge in [-0.2, -0.15) is 4.99 Å². The Balaban J connectivity index is 2.00. The fourth-order valence-electron chi connectivity index (χ4n) is 3.23. The summed E-state index contributed by atoms with van der Waals surface area (Å²) in [6.07, 6.45) is 2.32. The van der Waals surface area contributed by atoms with Gasteiger partial charge in [0.1, 0.15) is 6.04 Å². The molecule has 6 nitrogen and oxygen atoms in total. The van der Waals surface area contributed by atoms with Crippen molar-refractivity contribution in [2.24, 2.45) is 4.99 Å². The maximum Gasteiger partial charge on any atom is 0.262 e. The highest BCUT2D eigenvalue weighted by Crippen LogP contribution is 2.41. The molecule has 8 heteroatoms. The first-order valence-electron chi connectivity index (χ1n) is 11.6. The number of nitrogens with zero attached hydrogens (tertiary/aromatic N) is 2. The van der Waals surface area contributed by atoms with Crippen molar-refractivity contribution in [1.29, 1.82) is 0 Å². The molecule has 0 radical (unpaired) electrons. The molecule has 2 amide bonds. The van der Waals surface area contributed by atoms with Crippen LogP contribution in [-0.2, 0) is 8.85 Å². The van der Waals surface area contributed by atoms with Crippen molar-refractivity contribution in [2.45, 2.75) is 90.3 Å². The number of hydrogen-bond acceptors (Lipinski definition) is 5. The summed E-state index contributed by atoms with van der Waals surface area (Å²) in [5, 5.41) is -0.0487. The Hall–Kier alpha value is -2.20. The molecule has 0 saturated carbocycles. The first-order valence-corrected chi connectivity index (χ1v) is 17.4. The SMILES string of the molecule is CC(C)(C)[Si](C)(C)OC1=CCC(N2C(=O)c3ccccc3C2=O)C(O[Si](C)(C)C(C)(C)C)=N1. The predicted molar refractivity (Wildman–Crippen MR) is 137 cm³/mol. The highest BCUT2D eigenvalue weighted by Gasteiger charge is 2.47. The fraction of sp³-hybridized carbons (Fsp3) is 0.560. The Morgan fingerprint density at radius 2 is 1.30 bits per heavy atom. The van der Waals surface area contributed by atoms with Gasteiger partial charge in [0.25, 0.3) is 28.4 Å². The molecule has 180 valence electrons. The molecule has 33 heavy (non-hydrogen) atoms. The molecule has 1 unspecified atom stereocenters. The number of rotatable bonds is 4. The van der Waals surface area contributed by atoms with E-state index in [1.54, 1.807) is 24.3 Å². The van der Waals surface area contributed by atoms with Gasteiger partial charge in [-0.15, -0.1) is 0 Å². The summed E-state index contributed by atoms with van der Waals surface area (Å²) in [6, 6.07) is 6.37. The number of carbonyl (C=O) groups excluding carboxylic acids is 2. The number of fused-ring (bicyclic) bond motifs is 1. The van der Waals surface area contributed by atoms with Gasteiger partial charge in [0, 0.05) is 6.42 Å². The van der Waals surface area contributed by atoms with Crippen LogP contribution in [0, 0.1) is 0 Å². The van der Waals surface area contributed by atoms with Crippen molar-refractivity contribution in [3.05, 3.63) is 47.4 Å². The minimum atomic E-state index is -2.29. The lowest BCUT2D eigenvalue weighted by atomic mass is 10.1. The molecule has 1 atom stereocenters. The van der Waals surface area contributed by atoms with Gasteiger partial charge in [0.15, 0.2) is 5.88 Å². The zero-order chi connectivity index (χ0) is 25.0. The molecule has 1 aromatic carbocycles. The molecule has 0 N–H and O–H groups in total. The highest BCUT2D eigenvalue weighted by atomic mass is 28.4. The van der Waals surface area contributed by atoms with E-state index in [0.29, 0.717) is 29.3 Å². The predicted octanol–water partition coefficient (Wildman–Crippen LogP) is 6.34. The van der Waals surface area contributed by atoms with Crippen LogP contribution in [-0.4, -0.2) is 45.3 Å². The maximum atomic E-state index is 13.2. The minimum Gasteiger partial charge on any atom is -0.532 e. The number of imide groups is 1. The quantitative estimate of drug-likeness (QED) is 0.368. The van der Waals surface area contributed by atoms with Crippen LogP contribution in [0.25, 0.3) is 0 Å². The summed E-state index contributed by atoms with van der Waals surface area (Å²) < 4.78 is 13.1. The number of benzene rings is 1. The zero-order valence-electron chi connectivity index (χ0n) is 21.7. The van der Waals surface area contributed by atoms with Crippen LogP contribution in [0.1, 0.15) is 68.7 Å². The molecular weight excluding hydrogens is 448 g/mol. The average Bonchev–Trinajstić information content (AvgIpc) is 2.91. The molecule has 0 aliphatic carbocycles. The van der Waals surface area contributed by atoms with Crippen LogP contribution in [0.2, 0.25) is 36.3 Å². The van der Waals surface area contributed by atoms with E-state index in [-0.39, 0.29) is 21.9 Å². The van der Waals surface area contributed by atoms with E-state index in [9.17, 15) is 9.59 Å². The van der Waals surface area contributed by atoms with E-state index in [1.165, 1.54) is 4.90 Å². The molecule has 0 aromatic heterocycles. The molecule has 2 aliphatic rings. The van der Waals surface area contributed by atoms with Crippen LogP contribution in [0.5, 0.6) is 0 Å². The molecular formula is C25H38N2O4Si2. The van der Waals surface area contributed by atoms with Crippen molar-refractivity contribution in [1.82, 2.24) is 4.90 Å². The number of amides is 2. The minimum absolute atomic E-state index is 0.0171. The fourth-order valence-corrected chi connectivity index (χ4v) is 5.20. The van der Waals surface area contributed by atoms with Gasteiger partial charge in [-0.25, -0.2) is 0 Å². The smallest absolute Gasteiger partial charge is 0.262 e. The molecule has 2 aliphatic heterocycles. The second-order valence-electron chi connectivity index (χ2n) is 12.0. The normalized spacial score (nSPS) is 19.8. The van der Waals surface area contributed by atoms with Gasteiger partial charge in [0.2, 0.25) is 5.90 Å². The maximum absolute atomic E-state index is 13.2. The van der Waals surface area contributed by atoms with Crippen LogP contribution < -0.4 is 0 Å². The van der Waals surface area contributed by atoms with Gasteiger partial charge in [0.05, 0.1) is 11.1 Å². The van der Waals surface area contributed by atoms with Gasteiger partial charge in [-0.3, -0.25) is 14.5 Å². The Kier molecular flexibility index (Phi) is 6.34. The van der Waals surface area contributed by atoms with Crippen molar-refractivity contribution in [2.75, 3.05) is 0 Å². The number of aliphatic imine (C=N–C) groups is 1. The standard InChI is InChI=1S/C25H38N2O4Si2/c1-24(2,3)32(7,8)30-20-16-15-19(21(26-20)31-33(9,10)25(4,5)6)27-22(28)17-13-11-12-14-18(17)23(27)29/h11-14,16,19H,15H2,1-10H3. The lowest BCUT2D eigenvalue weighted by Crippen LogP contribution is -2.52. The molecule has 0 bridgehead atoms. The lowest BCUT2D eigenvalue weighted by molar-refractivity contribution is 0.0614. The van der Waals surface area contributed by atoms with Crippen LogP contribution >= 0.6 is 0 Å². The molecule has 1 aromatic rings. The van der Waals surface area contributed by atoms with E-state index >= 15 is 0 Å². The summed E-state index contributed by atoms with van der Waals surface area (Å²) in [5.74, 6) is 0.346. The summed E-state index contributed by atoms with van der Waals surface area (Å²) in [6.45, 7) is 21.6. The zero-order valence-corrected chi connectivity index (χ0v) is 23.7. The van der Waals surface area contributed by atoms with Gasteiger partial charge in [-0.1, -0.05) is 53.7 Å². The van der Waals surface area contributed by atoms with Gasteiger partial charge in [-0.05, 0) is 54.5 Å². The average molecular weight is 487 g/mol. The topological polar surface area (TPSA) is 68.2 Å². The Labute approximate surface area is 200 Å². The summed E-state index contributed by atoms with van der Waals surface area (Å²) >= 11 is 0. The van der Waals surface area contributed by atoms with Crippen molar-refractivity contribution < 1.29 is 18.4 Å². The molecule has 2 heterocycles. The van der Waals surface area contributed by atoms with E-state index in [4.69, 9.17) is 13.8 Å². The first kappa shape index (κ1) is 25.4. The second-order valence-corrected chi connectivity index (χ2v) is 21.4. The molecule has 0 saturated heterocycles. The Bertz CT molecular complexity index is 995. The second kappa shape index (κ2) is 8.23. The van der Waals surface area contributed by atoms with Crippen molar-refractivity contribution >= 4 is 34.3 Å². The molecule has 0 fully saturated rings. The van der Waals surface area contributed by atoms with E-state index in [2.05, 4.69) is 67.7 Å². The van der Waals surface area contributed by atoms with Crippen LogP contribution in [0.4, 0.5) is 0 Å². The van der Waals surface area contributed by atoms with Gasteiger partial charge < -0.3 is 8.85 Å². The monoisotopic (exact) mass is 486 g/mol. The van der Waals surface area contributed by atoms with Crippen molar-refractivity contribution in [3.8, 4) is 0 Å². The Morgan fingerprint density at radius 3 is 1.76 bits per heavy atom. The van der Waals surface area contributed by atoms with E-state index in [0.717, 1.165) is 0 Å². The summed E-state index contributed by atoms with van der Waals surface area (Å²) in [5.41, 5.74) is 0.864. The van der Waals surface area contributed by atoms with Crippen LogP contribution in [0.3, 0.4) is 0 Å². The largest absolute Gasteiger partial charge is 0.532 e. The molecule has 3 rings (SSSR count). The van der Waals surface area contributed by atoms with Crippen LogP contribution in [0.15, 0.2) is 41.2 Å². The van der Waals surface area contributed by atoms with Gasteiger partial charge >= 0.3 is 0 Å². The summed E-state index contributed by atoms with van der Waals surface area (Å²) in [4.78, 5) is 32.5. The third kappa shape index (κ3) is 4.73. The summed E-state index contributed by atoms with van der Waals surface area (Å²) in [7, 11) is -4.40. The number of carbonyl (C=O) groups is 2. The Morgan fingerprint density at radius 1 is 0.848 bits per heavy atom. The van der Waals surface area contributed by atoms with E-state index in [1.807, 2.05) is 6.08 Å². The number of hydrogen-bond donors (Lipinski definition) is 0. The third-order valence-corrected chi connectivity index (χ3v) is 16.2. The lowest BCUT2D eigenvalue weighted by Gasteiger charge is -2.41. The van der Waals surface area contributed by atoms with Crippen molar-refractivity contribution in [3.63, 3.8) is 0 Å². The highest BCUT2D eigenvalue weighted by molar-refractivity contribution is 6.75. The molecule has 0 spiro atoms. The first-order chi connectivity index (χ1) is 15.0. The third-order valence-electron chi connectivity index (χ3n) is 7.49.